The van der Waals surface area contributed by atoms with Gasteiger partial charge in [-0.1, -0.05) is 0 Å². The number of hydrogen-bond donors (Lipinski definition) is 0. The summed E-state index contributed by atoms with van der Waals surface area (Å²) >= 11 is 0. The van der Waals surface area contributed by atoms with E-state index in [0.717, 1.165) is 37.3 Å². The van der Waals surface area contributed by atoms with E-state index in [-0.39, 0.29) is 18.0 Å². The van der Waals surface area contributed by atoms with Crippen molar-refractivity contribution in [3.63, 3.8) is 0 Å². The Morgan fingerprint density at radius 1 is 0.871 bits per heavy atom. The molecule has 1 aliphatic carbocycles. The number of piperazine rings is 1. The van der Waals surface area contributed by atoms with Gasteiger partial charge in [-0.25, -0.2) is 4.79 Å². The molecule has 5 aliphatic rings. The lowest BCUT2D eigenvalue weighted by atomic mass is 9.84. The van der Waals surface area contributed by atoms with Gasteiger partial charge in [-0.15, -0.1) is 0 Å². The van der Waals surface area contributed by atoms with Gasteiger partial charge in [-0.3, -0.25) is 4.79 Å². The van der Waals surface area contributed by atoms with Crippen molar-refractivity contribution in [2.24, 2.45) is 11.8 Å². The largest absolute Gasteiger partial charge is 0.444 e. The van der Waals surface area contributed by atoms with E-state index in [2.05, 4.69) is 21.9 Å². The van der Waals surface area contributed by atoms with Crippen LogP contribution in [0.5, 0.6) is 0 Å². The van der Waals surface area contributed by atoms with Crippen LogP contribution in [0.4, 0.5) is 10.5 Å². The Hall–Kier alpha value is -2.24. The lowest BCUT2D eigenvalue weighted by Crippen LogP contribution is -2.50. The molecule has 4 saturated heterocycles. The van der Waals surface area contributed by atoms with E-state index in [4.69, 9.17) is 4.74 Å². The van der Waals surface area contributed by atoms with Crippen molar-refractivity contribution >= 4 is 17.7 Å². The van der Waals surface area contributed by atoms with Crippen LogP contribution in [-0.4, -0.2) is 65.7 Å². The maximum absolute atomic E-state index is 13.1. The number of carbonyl (C=O) groups is 2. The number of fused-ring (bicyclic) bond motifs is 6. The minimum atomic E-state index is -0.464. The van der Waals surface area contributed by atoms with Gasteiger partial charge in [-0.2, -0.15) is 0 Å². The van der Waals surface area contributed by atoms with Gasteiger partial charge in [0.25, 0.3) is 5.91 Å². The summed E-state index contributed by atoms with van der Waals surface area (Å²) in [5.41, 5.74) is 1.47. The molecule has 2 atom stereocenters. The molecule has 31 heavy (non-hydrogen) atoms. The number of anilines is 1. The number of likely N-dealkylation sites (tertiary alicyclic amines) is 1. The van der Waals surface area contributed by atoms with Crippen LogP contribution in [0.3, 0.4) is 0 Å². The van der Waals surface area contributed by atoms with Gasteiger partial charge in [0.2, 0.25) is 0 Å². The fourth-order valence-corrected chi connectivity index (χ4v) is 5.97. The lowest BCUT2D eigenvalue weighted by Gasteiger charge is -2.36. The number of hydrogen-bond acceptors (Lipinski definition) is 4. The maximum Gasteiger partial charge on any atom is 0.410 e. The summed E-state index contributed by atoms with van der Waals surface area (Å²) in [5, 5.41) is 0. The Morgan fingerprint density at radius 3 is 2.00 bits per heavy atom. The molecule has 0 unspecified atom stereocenters. The predicted molar refractivity (Wildman–Crippen MR) is 120 cm³/mol. The molecule has 1 aromatic rings. The number of benzene rings is 1. The highest BCUT2D eigenvalue weighted by Gasteiger charge is 2.46. The lowest BCUT2D eigenvalue weighted by molar-refractivity contribution is 0.0214. The van der Waals surface area contributed by atoms with E-state index >= 15 is 0 Å². The van der Waals surface area contributed by atoms with Crippen LogP contribution in [0.1, 0.15) is 63.2 Å². The Balaban J connectivity index is 1.22. The SMILES string of the molecule is CC(C)(C)OC(=O)N1C[C@@H]2C[C@@H]1CN2c1ccc(C(=O)N2CC3CCC(CC3)C2)cc1. The summed E-state index contributed by atoms with van der Waals surface area (Å²) in [7, 11) is 0. The van der Waals surface area contributed by atoms with Crippen LogP contribution < -0.4 is 4.90 Å². The number of amides is 2. The number of carbonyl (C=O) groups excluding carboxylic acids is 2. The summed E-state index contributed by atoms with van der Waals surface area (Å²) in [5.74, 6) is 1.56. The van der Waals surface area contributed by atoms with Crippen molar-refractivity contribution in [2.45, 2.75) is 70.6 Å². The minimum absolute atomic E-state index is 0.185. The van der Waals surface area contributed by atoms with Crippen molar-refractivity contribution in [1.29, 1.82) is 0 Å². The average molecular weight is 426 g/mol. The number of ether oxygens (including phenoxy) is 1. The highest BCUT2D eigenvalue weighted by atomic mass is 16.6. The number of rotatable bonds is 2. The molecule has 6 heteroatoms. The molecule has 4 bridgehead atoms. The molecule has 0 spiro atoms. The maximum atomic E-state index is 13.1. The molecular formula is C25H35N3O3. The predicted octanol–water partition coefficient (Wildman–Crippen LogP) is 4.15. The first-order valence-electron chi connectivity index (χ1n) is 11.9. The van der Waals surface area contributed by atoms with E-state index in [9.17, 15) is 9.59 Å². The molecule has 168 valence electrons. The highest BCUT2D eigenvalue weighted by molar-refractivity contribution is 5.94. The third kappa shape index (κ3) is 4.13. The van der Waals surface area contributed by atoms with E-state index in [1.54, 1.807) is 0 Å². The third-order valence-corrected chi connectivity index (χ3v) is 7.53. The van der Waals surface area contributed by atoms with Crippen molar-refractivity contribution in [3.05, 3.63) is 29.8 Å². The monoisotopic (exact) mass is 425 g/mol. The molecule has 0 N–H and O–H groups in total. The Bertz CT molecular complexity index is 825. The van der Waals surface area contributed by atoms with Gasteiger partial charge in [0.15, 0.2) is 0 Å². The second-order valence-electron chi connectivity index (χ2n) is 11.0. The second kappa shape index (κ2) is 7.72. The summed E-state index contributed by atoms with van der Waals surface area (Å²) < 4.78 is 5.57. The topological polar surface area (TPSA) is 53.1 Å². The number of nitrogens with zero attached hydrogens (tertiary/aromatic N) is 3. The van der Waals surface area contributed by atoms with Gasteiger partial charge >= 0.3 is 6.09 Å². The van der Waals surface area contributed by atoms with E-state index < -0.39 is 5.60 Å². The van der Waals surface area contributed by atoms with E-state index in [1.165, 1.54) is 25.7 Å². The van der Waals surface area contributed by atoms with Crippen molar-refractivity contribution in [2.75, 3.05) is 31.1 Å². The zero-order chi connectivity index (χ0) is 21.8. The van der Waals surface area contributed by atoms with Crippen LogP contribution in [0.2, 0.25) is 0 Å². The first-order valence-corrected chi connectivity index (χ1v) is 11.9. The van der Waals surface area contributed by atoms with Crippen LogP contribution in [0.25, 0.3) is 0 Å². The third-order valence-electron chi connectivity index (χ3n) is 7.53. The first-order chi connectivity index (χ1) is 14.8. The first kappa shape index (κ1) is 20.7. The molecule has 0 radical (unpaired) electrons. The molecule has 1 aromatic carbocycles. The van der Waals surface area contributed by atoms with Crippen molar-refractivity contribution in [1.82, 2.24) is 9.80 Å². The molecule has 2 amide bonds. The Labute approximate surface area is 185 Å². The molecule has 6 nitrogen and oxygen atoms in total. The minimum Gasteiger partial charge on any atom is -0.444 e. The summed E-state index contributed by atoms with van der Waals surface area (Å²) in [4.78, 5) is 32.0. The van der Waals surface area contributed by atoms with Crippen molar-refractivity contribution in [3.8, 4) is 0 Å². The molecule has 4 aliphatic heterocycles. The fourth-order valence-electron chi connectivity index (χ4n) is 5.97. The fraction of sp³-hybridized carbons (Fsp3) is 0.680. The smallest absolute Gasteiger partial charge is 0.410 e. The molecule has 5 fully saturated rings. The highest BCUT2D eigenvalue weighted by Crippen LogP contribution is 2.36. The summed E-state index contributed by atoms with van der Waals surface area (Å²) in [6.45, 7) is 9.10. The van der Waals surface area contributed by atoms with Gasteiger partial charge in [0.05, 0.1) is 6.04 Å². The van der Waals surface area contributed by atoms with Crippen LogP contribution >= 0.6 is 0 Å². The normalized spacial score (nSPS) is 30.0. The quantitative estimate of drug-likeness (QED) is 0.714. The van der Waals surface area contributed by atoms with Crippen molar-refractivity contribution < 1.29 is 14.3 Å². The Kier molecular flexibility index (Phi) is 5.14. The second-order valence-corrected chi connectivity index (χ2v) is 11.0. The molecule has 0 aromatic heterocycles. The summed E-state index contributed by atoms with van der Waals surface area (Å²) in [6.07, 6.45) is 5.91. The van der Waals surface area contributed by atoms with Gasteiger partial charge in [-0.05, 0) is 89.0 Å². The van der Waals surface area contributed by atoms with Gasteiger partial charge < -0.3 is 19.4 Å². The standard InChI is InChI=1S/C25H35N3O3/c1-25(2,3)31-24(30)28-16-21-12-22(28)15-27(21)20-10-8-19(9-11-20)23(29)26-13-17-4-5-18(14-26)7-6-17/h8-11,17-18,21-22H,4-7,12-16H2,1-3H3/t17?,18?,21-,22+/m0/s1. The zero-order valence-corrected chi connectivity index (χ0v) is 19.0. The Morgan fingerprint density at radius 2 is 1.48 bits per heavy atom. The molecular weight excluding hydrogens is 390 g/mol. The molecule has 1 saturated carbocycles. The van der Waals surface area contributed by atoms with Gasteiger partial charge in [0, 0.05) is 43.5 Å². The van der Waals surface area contributed by atoms with Crippen LogP contribution in [-0.2, 0) is 4.74 Å². The molecule has 6 rings (SSSR count). The summed E-state index contributed by atoms with van der Waals surface area (Å²) in [6, 6.07) is 8.66. The van der Waals surface area contributed by atoms with E-state index in [0.29, 0.717) is 24.4 Å². The zero-order valence-electron chi connectivity index (χ0n) is 19.0. The van der Waals surface area contributed by atoms with Crippen LogP contribution in [0, 0.1) is 11.8 Å². The molecule has 4 heterocycles. The average Bonchev–Trinajstić information content (AvgIpc) is 3.21. The van der Waals surface area contributed by atoms with E-state index in [1.807, 2.05) is 37.8 Å². The van der Waals surface area contributed by atoms with Gasteiger partial charge in [0.1, 0.15) is 5.60 Å². The van der Waals surface area contributed by atoms with Crippen LogP contribution in [0.15, 0.2) is 24.3 Å².